The van der Waals surface area contributed by atoms with Crippen molar-refractivity contribution >= 4 is 23.1 Å². The number of nitro groups is 1. The summed E-state index contributed by atoms with van der Waals surface area (Å²) in [7, 11) is 0. The highest BCUT2D eigenvalue weighted by molar-refractivity contribution is 6.46. The van der Waals surface area contributed by atoms with Crippen LogP contribution in [0.5, 0.6) is 0 Å². The highest BCUT2D eigenvalue weighted by Gasteiger charge is 2.46. The van der Waals surface area contributed by atoms with Gasteiger partial charge in [0, 0.05) is 38.3 Å². The molecule has 1 N–H and O–H groups in total. The second kappa shape index (κ2) is 10.6. The van der Waals surface area contributed by atoms with E-state index in [0.29, 0.717) is 49.7 Å². The van der Waals surface area contributed by atoms with Gasteiger partial charge in [-0.2, -0.15) is 5.10 Å². The van der Waals surface area contributed by atoms with E-state index in [9.17, 15) is 24.8 Å². The molecule has 0 saturated carbocycles. The fourth-order valence-corrected chi connectivity index (χ4v) is 4.93. The van der Waals surface area contributed by atoms with Crippen LogP contribution in [0.2, 0.25) is 0 Å². The highest BCUT2D eigenvalue weighted by atomic mass is 16.6. The molecular formula is C27H27N5O6. The lowest BCUT2D eigenvalue weighted by atomic mass is 9.95. The number of nitro benzene ring substituents is 1. The van der Waals surface area contributed by atoms with Crippen LogP contribution in [0.1, 0.15) is 22.9 Å². The number of ether oxygens (including phenoxy) is 1. The predicted octanol–water partition coefficient (Wildman–Crippen LogP) is 2.84. The molecule has 38 heavy (non-hydrogen) atoms. The molecular weight excluding hydrogens is 490 g/mol. The van der Waals surface area contributed by atoms with Crippen molar-refractivity contribution in [2.75, 3.05) is 39.4 Å². The zero-order valence-corrected chi connectivity index (χ0v) is 20.8. The summed E-state index contributed by atoms with van der Waals surface area (Å²) in [6, 6.07) is 14.1. The number of Topliss-reactive ketones (excluding diaryl/α,β-unsaturated/α-hetero) is 1. The van der Waals surface area contributed by atoms with E-state index in [4.69, 9.17) is 4.74 Å². The topological polar surface area (TPSA) is 131 Å². The number of ketones is 1. The number of carbonyl (C=O) groups is 2. The Morgan fingerprint density at radius 1 is 1.08 bits per heavy atom. The van der Waals surface area contributed by atoms with E-state index in [1.807, 2.05) is 30.3 Å². The number of aliphatic hydroxyl groups is 1. The molecule has 0 bridgehead atoms. The summed E-state index contributed by atoms with van der Waals surface area (Å²) in [6.45, 7) is 5.14. The number of morpholine rings is 1. The molecule has 1 atom stereocenters. The van der Waals surface area contributed by atoms with E-state index in [0.717, 1.165) is 5.69 Å². The van der Waals surface area contributed by atoms with Gasteiger partial charge in [0.15, 0.2) is 0 Å². The van der Waals surface area contributed by atoms with E-state index < -0.39 is 22.7 Å². The van der Waals surface area contributed by atoms with Crippen LogP contribution in [0, 0.1) is 17.0 Å². The van der Waals surface area contributed by atoms with Crippen LogP contribution in [0.25, 0.3) is 11.4 Å². The van der Waals surface area contributed by atoms with Gasteiger partial charge < -0.3 is 14.7 Å². The molecule has 2 aromatic carbocycles. The lowest BCUT2D eigenvalue weighted by molar-refractivity contribution is -0.384. The Morgan fingerprint density at radius 2 is 1.76 bits per heavy atom. The van der Waals surface area contributed by atoms with E-state index in [1.165, 1.54) is 35.4 Å². The molecule has 0 radical (unpaired) electrons. The molecule has 11 heteroatoms. The normalized spacial score (nSPS) is 19.7. The minimum atomic E-state index is -0.906. The molecule has 196 valence electrons. The first-order valence-electron chi connectivity index (χ1n) is 12.3. The van der Waals surface area contributed by atoms with Crippen molar-refractivity contribution in [2.45, 2.75) is 13.0 Å². The number of likely N-dealkylation sites (tertiary alicyclic amines) is 1. The predicted molar refractivity (Wildman–Crippen MR) is 138 cm³/mol. The number of benzene rings is 2. The fourth-order valence-electron chi connectivity index (χ4n) is 4.93. The molecule has 1 amide bonds. The maximum atomic E-state index is 13.4. The molecule has 11 nitrogen and oxygen atoms in total. The second-order valence-electron chi connectivity index (χ2n) is 9.19. The number of rotatable bonds is 7. The van der Waals surface area contributed by atoms with E-state index in [2.05, 4.69) is 10.00 Å². The molecule has 2 saturated heterocycles. The Morgan fingerprint density at radius 3 is 2.42 bits per heavy atom. The monoisotopic (exact) mass is 517 g/mol. The summed E-state index contributed by atoms with van der Waals surface area (Å²) in [4.78, 5) is 40.9. The Hall–Kier alpha value is -4.35. The molecule has 2 aliphatic heterocycles. The number of amides is 1. The summed E-state index contributed by atoms with van der Waals surface area (Å²) < 4.78 is 7.04. The van der Waals surface area contributed by atoms with Crippen molar-refractivity contribution in [1.29, 1.82) is 0 Å². The van der Waals surface area contributed by atoms with Gasteiger partial charge in [0.05, 0.1) is 52.9 Å². The van der Waals surface area contributed by atoms with Crippen molar-refractivity contribution in [3.8, 4) is 5.69 Å². The number of aromatic nitrogens is 2. The molecule has 3 aromatic rings. The fraction of sp³-hybridized carbons (Fsp3) is 0.296. The van der Waals surface area contributed by atoms with Crippen LogP contribution in [0.3, 0.4) is 0 Å². The molecule has 2 fully saturated rings. The third-order valence-corrected chi connectivity index (χ3v) is 6.99. The third-order valence-electron chi connectivity index (χ3n) is 6.99. The van der Waals surface area contributed by atoms with Gasteiger partial charge in [-0.3, -0.25) is 24.6 Å². The van der Waals surface area contributed by atoms with Gasteiger partial charge in [-0.15, -0.1) is 0 Å². The summed E-state index contributed by atoms with van der Waals surface area (Å²) >= 11 is 0. The third kappa shape index (κ3) is 4.69. The summed E-state index contributed by atoms with van der Waals surface area (Å²) in [5, 5.41) is 27.0. The van der Waals surface area contributed by atoms with Crippen LogP contribution in [-0.4, -0.2) is 80.7 Å². The minimum absolute atomic E-state index is 0.0680. The number of nitrogens with zero attached hydrogens (tertiary/aromatic N) is 5. The Bertz CT molecular complexity index is 1390. The molecule has 0 spiro atoms. The number of hydrogen-bond donors (Lipinski definition) is 1. The van der Waals surface area contributed by atoms with Crippen LogP contribution < -0.4 is 0 Å². The first kappa shape index (κ1) is 25.3. The van der Waals surface area contributed by atoms with Gasteiger partial charge >= 0.3 is 0 Å². The number of aliphatic hydroxyl groups excluding tert-OH is 1. The maximum absolute atomic E-state index is 13.4. The molecule has 3 heterocycles. The van der Waals surface area contributed by atoms with E-state index >= 15 is 0 Å². The Kier molecular flexibility index (Phi) is 7.03. The largest absolute Gasteiger partial charge is 0.507 e. The lowest BCUT2D eigenvalue weighted by Crippen LogP contribution is -2.42. The summed E-state index contributed by atoms with van der Waals surface area (Å²) in [6.07, 6.45) is 1.46. The average molecular weight is 518 g/mol. The van der Waals surface area contributed by atoms with Gasteiger partial charge in [-0.1, -0.05) is 18.2 Å². The standard InChI is InChI=1S/C27H27N5O6/c1-18-22(17-28-31(18)20-5-3-2-4-6-20)25(33)23-24(19-7-9-21(10-8-19)32(36)37)30(27(35)26(23)34)12-11-29-13-15-38-16-14-29/h2-10,17,24,33H,11-16H2,1H3/t24-/m1/s1. The maximum Gasteiger partial charge on any atom is 0.295 e. The van der Waals surface area contributed by atoms with E-state index in [1.54, 1.807) is 11.6 Å². The summed E-state index contributed by atoms with van der Waals surface area (Å²) in [5.41, 5.74) is 2.01. The van der Waals surface area contributed by atoms with Crippen molar-refractivity contribution in [1.82, 2.24) is 19.6 Å². The van der Waals surface area contributed by atoms with Crippen LogP contribution in [0.4, 0.5) is 5.69 Å². The SMILES string of the molecule is Cc1c(C(O)=C2C(=O)C(=O)N(CCN3CCOCC3)[C@@H]2c2ccc([N+](=O)[O-])cc2)cnn1-c1ccccc1. The molecule has 1 aromatic heterocycles. The molecule has 0 aliphatic carbocycles. The average Bonchev–Trinajstić information content (AvgIpc) is 3.45. The van der Waals surface area contributed by atoms with Gasteiger partial charge in [0.1, 0.15) is 5.76 Å². The number of non-ortho nitro benzene ring substituents is 1. The molecule has 2 aliphatic rings. The second-order valence-corrected chi connectivity index (χ2v) is 9.19. The van der Waals surface area contributed by atoms with Gasteiger partial charge in [-0.25, -0.2) is 4.68 Å². The van der Waals surface area contributed by atoms with Gasteiger partial charge in [0.2, 0.25) is 0 Å². The van der Waals surface area contributed by atoms with Crippen LogP contribution >= 0.6 is 0 Å². The minimum Gasteiger partial charge on any atom is -0.507 e. The number of para-hydroxylation sites is 1. The molecule has 5 rings (SSSR count). The Labute approximate surface area is 218 Å². The van der Waals surface area contributed by atoms with Crippen LogP contribution in [-0.2, 0) is 14.3 Å². The van der Waals surface area contributed by atoms with Gasteiger partial charge in [0.25, 0.3) is 17.4 Å². The zero-order chi connectivity index (χ0) is 26.8. The Balaban J connectivity index is 1.56. The summed E-state index contributed by atoms with van der Waals surface area (Å²) in [5.74, 6) is -1.86. The first-order valence-corrected chi connectivity index (χ1v) is 12.3. The zero-order valence-electron chi connectivity index (χ0n) is 20.8. The van der Waals surface area contributed by atoms with Crippen molar-refractivity contribution in [3.63, 3.8) is 0 Å². The van der Waals surface area contributed by atoms with Crippen molar-refractivity contribution < 1.29 is 24.4 Å². The lowest BCUT2D eigenvalue weighted by Gasteiger charge is -2.31. The van der Waals surface area contributed by atoms with Crippen molar-refractivity contribution in [3.05, 3.63) is 93.3 Å². The smallest absolute Gasteiger partial charge is 0.295 e. The number of hydrogen-bond acceptors (Lipinski definition) is 8. The van der Waals surface area contributed by atoms with Gasteiger partial charge in [-0.05, 0) is 36.8 Å². The highest BCUT2D eigenvalue weighted by Crippen LogP contribution is 2.40. The quantitative estimate of drug-likeness (QED) is 0.166. The van der Waals surface area contributed by atoms with Crippen molar-refractivity contribution in [2.24, 2.45) is 0 Å². The first-order chi connectivity index (χ1) is 18.4. The van der Waals surface area contributed by atoms with Crippen LogP contribution in [0.15, 0.2) is 66.4 Å². The molecule has 0 unspecified atom stereocenters. The number of carbonyl (C=O) groups excluding carboxylic acids is 2. The van der Waals surface area contributed by atoms with E-state index in [-0.39, 0.29) is 23.6 Å².